The highest BCUT2D eigenvalue weighted by molar-refractivity contribution is 6.32. The highest BCUT2D eigenvalue weighted by Crippen LogP contribution is 2.39. The van der Waals surface area contributed by atoms with Gasteiger partial charge in [0.2, 0.25) is 0 Å². The first-order valence-corrected chi connectivity index (χ1v) is 5.55. The number of hydrogen-bond acceptors (Lipinski definition) is 2. The molecule has 1 N–H and O–H groups in total. The van der Waals surface area contributed by atoms with E-state index in [1.165, 1.54) is 0 Å². The molecular formula is C12H16ClNO. The Morgan fingerprint density at radius 3 is 2.80 bits per heavy atom. The number of hydrogen-bond donors (Lipinski definition) is 1. The third kappa shape index (κ3) is 2.05. The van der Waals surface area contributed by atoms with Gasteiger partial charge in [0.1, 0.15) is 6.10 Å². The van der Waals surface area contributed by atoms with E-state index >= 15 is 0 Å². The van der Waals surface area contributed by atoms with E-state index in [1.54, 1.807) is 0 Å². The van der Waals surface area contributed by atoms with Gasteiger partial charge in [-0.25, -0.2) is 0 Å². The first kappa shape index (κ1) is 10.6. The minimum atomic E-state index is 0.115. The summed E-state index contributed by atoms with van der Waals surface area (Å²) < 4.78 is 5.93. The molecule has 0 saturated heterocycles. The third-order valence-electron chi connectivity index (χ3n) is 2.67. The maximum Gasteiger partial charge on any atom is 0.161 e. The smallest absolute Gasteiger partial charge is 0.161 e. The molecule has 1 heterocycles. The first-order chi connectivity index (χ1) is 6.98. The summed E-state index contributed by atoms with van der Waals surface area (Å²) in [5.74, 6) is 0.783. The van der Waals surface area contributed by atoms with Crippen LogP contribution in [0.2, 0.25) is 5.02 Å². The number of para-hydroxylation sites is 1. The zero-order valence-corrected chi connectivity index (χ0v) is 10.1. The monoisotopic (exact) mass is 225 g/mol. The van der Waals surface area contributed by atoms with E-state index < -0.39 is 0 Å². The Balaban J connectivity index is 2.30. The molecule has 2 rings (SSSR count). The minimum Gasteiger partial charge on any atom is -0.484 e. The minimum absolute atomic E-state index is 0.115. The van der Waals surface area contributed by atoms with Crippen molar-refractivity contribution in [3.8, 4) is 5.75 Å². The van der Waals surface area contributed by atoms with Crippen LogP contribution in [-0.2, 0) is 0 Å². The Kier molecular flexibility index (Phi) is 2.55. The van der Waals surface area contributed by atoms with Crippen molar-refractivity contribution in [2.75, 3.05) is 11.9 Å². The van der Waals surface area contributed by atoms with Crippen molar-refractivity contribution in [3.63, 3.8) is 0 Å². The molecule has 1 aromatic carbocycles. The van der Waals surface area contributed by atoms with Gasteiger partial charge in [0.25, 0.3) is 0 Å². The van der Waals surface area contributed by atoms with Crippen LogP contribution < -0.4 is 10.1 Å². The SMILES string of the molecule is CC(C)(C)C1CNc2cccc(Cl)c2O1. The van der Waals surface area contributed by atoms with Gasteiger partial charge in [-0.3, -0.25) is 0 Å². The zero-order valence-electron chi connectivity index (χ0n) is 9.30. The van der Waals surface area contributed by atoms with Crippen molar-refractivity contribution < 1.29 is 4.74 Å². The maximum absolute atomic E-state index is 6.09. The molecule has 1 unspecified atom stereocenters. The summed E-state index contributed by atoms with van der Waals surface area (Å²) in [5.41, 5.74) is 1.10. The molecular weight excluding hydrogens is 210 g/mol. The Bertz CT molecular complexity index is 370. The fraction of sp³-hybridized carbons (Fsp3) is 0.500. The van der Waals surface area contributed by atoms with Crippen LogP contribution in [0.1, 0.15) is 20.8 Å². The van der Waals surface area contributed by atoms with Gasteiger partial charge in [-0.1, -0.05) is 38.4 Å². The van der Waals surface area contributed by atoms with Gasteiger partial charge in [-0.2, -0.15) is 0 Å². The number of nitrogens with one attached hydrogen (secondary N) is 1. The summed E-state index contributed by atoms with van der Waals surface area (Å²) in [6.45, 7) is 7.33. The Morgan fingerprint density at radius 1 is 1.40 bits per heavy atom. The highest BCUT2D eigenvalue weighted by Gasteiger charge is 2.30. The fourth-order valence-electron chi connectivity index (χ4n) is 1.64. The molecule has 0 radical (unpaired) electrons. The zero-order chi connectivity index (χ0) is 11.1. The molecule has 1 aliphatic rings. The van der Waals surface area contributed by atoms with E-state index in [4.69, 9.17) is 16.3 Å². The summed E-state index contributed by atoms with van der Waals surface area (Å²) in [6, 6.07) is 5.77. The van der Waals surface area contributed by atoms with Gasteiger partial charge in [0, 0.05) is 5.41 Å². The van der Waals surface area contributed by atoms with Crippen molar-refractivity contribution >= 4 is 17.3 Å². The predicted molar refractivity (Wildman–Crippen MR) is 63.8 cm³/mol. The molecule has 15 heavy (non-hydrogen) atoms. The van der Waals surface area contributed by atoms with Crippen LogP contribution >= 0.6 is 11.6 Å². The molecule has 82 valence electrons. The lowest BCUT2D eigenvalue weighted by molar-refractivity contribution is 0.0923. The molecule has 0 aliphatic carbocycles. The number of anilines is 1. The summed E-state index contributed by atoms with van der Waals surface area (Å²) in [5, 5.41) is 4.03. The molecule has 0 spiro atoms. The van der Waals surface area contributed by atoms with Crippen molar-refractivity contribution in [1.82, 2.24) is 0 Å². The molecule has 1 atom stereocenters. The lowest BCUT2D eigenvalue weighted by atomic mass is 9.88. The second-order valence-corrected chi connectivity index (χ2v) is 5.38. The Hall–Kier alpha value is -0.890. The highest BCUT2D eigenvalue weighted by atomic mass is 35.5. The average Bonchev–Trinajstić information content (AvgIpc) is 2.16. The van der Waals surface area contributed by atoms with Crippen LogP contribution in [0, 0.1) is 5.41 Å². The van der Waals surface area contributed by atoms with E-state index in [0.29, 0.717) is 5.02 Å². The Labute approximate surface area is 95.6 Å². The van der Waals surface area contributed by atoms with Gasteiger partial charge >= 0.3 is 0 Å². The summed E-state index contributed by atoms with van der Waals surface area (Å²) in [6.07, 6.45) is 0.157. The third-order valence-corrected chi connectivity index (χ3v) is 2.97. The Morgan fingerprint density at radius 2 is 2.13 bits per heavy atom. The lowest BCUT2D eigenvalue weighted by Crippen LogP contribution is -2.41. The number of benzene rings is 1. The summed E-state index contributed by atoms with van der Waals surface area (Å²) in [4.78, 5) is 0. The van der Waals surface area contributed by atoms with Crippen molar-refractivity contribution in [1.29, 1.82) is 0 Å². The molecule has 0 bridgehead atoms. The molecule has 0 saturated carbocycles. The van der Waals surface area contributed by atoms with E-state index in [2.05, 4.69) is 26.1 Å². The van der Waals surface area contributed by atoms with Gasteiger partial charge in [-0.15, -0.1) is 0 Å². The van der Waals surface area contributed by atoms with Crippen molar-refractivity contribution in [2.45, 2.75) is 26.9 Å². The van der Waals surface area contributed by atoms with Gasteiger partial charge in [0.15, 0.2) is 5.75 Å². The molecule has 1 aliphatic heterocycles. The normalized spacial score (nSPS) is 20.1. The van der Waals surface area contributed by atoms with Gasteiger partial charge in [-0.05, 0) is 12.1 Å². The van der Waals surface area contributed by atoms with Crippen molar-refractivity contribution in [2.24, 2.45) is 5.41 Å². The van der Waals surface area contributed by atoms with Crippen LogP contribution in [0.4, 0.5) is 5.69 Å². The number of rotatable bonds is 0. The largest absolute Gasteiger partial charge is 0.484 e. The van der Waals surface area contributed by atoms with E-state index in [9.17, 15) is 0 Å². The second kappa shape index (κ2) is 3.60. The topological polar surface area (TPSA) is 21.3 Å². The quantitative estimate of drug-likeness (QED) is 0.729. The predicted octanol–water partition coefficient (Wildman–Crippen LogP) is 3.56. The lowest BCUT2D eigenvalue weighted by Gasteiger charge is -2.36. The molecule has 1 aromatic rings. The number of ether oxygens (including phenoxy) is 1. The summed E-state index contributed by atoms with van der Waals surface area (Å²) >= 11 is 6.09. The van der Waals surface area contributed by atoms with E-state index in [-0.39, 0.29) is 11.5 Å². The first-order valence-electron chi connectivity index (χ1n) is 5.17. The van der Waals surface area contributed by atoms with Crippen LogP contribution in [0.15, 0.2) is 18.2 Å². The van der Waals surface area contributed by atoms with E-state index in [1.807, 2.05) is 18.2 Å². The summed E-state index contributed by atoms with van der Waals surface area (Å²) in [7, 11) is 0. The number of fused-ring (bicyclic) bond motifs is 1. The fourth-order valence-corrected chi connectivity index (χ4v) is 1.86. The van der Waals surface area contributed by atoms with Crippen LogP contribution in [0.5, 0.6) is 5.75 Å². The number of halogens is 1. The molecule has 0 amide bonds. The van der Waals surface area contributed by atoms with Crippen molar-refractivity contribution in [3.05, 3.63) is 23.2 Å². The average molecular weight is 226 g/mol. The maximum atomic E-state index is 6.09. The molecule has 0 fully saturated rings. The second-order valence-electron chi connectivity index (χ2n) is 4.97. The molecule has 2 nitrogen and oxygen atoms in total. The van der Waals surface area contributed by atoms with Crippen LogP contribution in [-0.4, -0.2) is 12.6 Å². The van der Waals surface area contributed by atoms with Crippen LogP contribution in [0.3, 0.4) is 0 Å². The van der Waals surface area contributed by atoms with Gasteiger partial charge in [0.05, 0.1) is 17.3 Å². The van der Waals surface area contributed by atoms with E-state index in [0.717, 1.165) is 18.0 Å². The van der Waals surface area contributed by atoms with Gasteiger partial charge < -0.3 is 10.1 Å². The molecule has 3 heteroatoms. The molecule has 0 aromatic heterocycles. The van der Waals surface area contributed by atoms with Crippen LogP contribution in [0.25, 0.3) is 0 Å². The standard InChI is InChI=1S/C12H16ClNO/c1-12(2,3)10-7-14-9-6-4-5-8(13)11(9)15-10/h4-6,10,14H,7H2,1-3H3.